The third-order valence-electron chi connectivity index (χ3n) is 5.71. The van der Waals surface area contributed by atoms with Gasteiger partial charge in [-0.05, 0) is 30.0 Å². The Morgan fingerprint density at radius 1 is 1.17 bits per heavy atom. The maximum absolute atomic E-state index is 12.5. The lowest BCUT2D eigenvalue weighted by atomic mass is 10.1. The molecule has 1 aromatic carbocycles. The molecule has 188 valence electrons. The van der Waals surface area contributed by atoms with Gasteiger partial charge in [-0.15, -0.1) is 0 Å². The standard InChI is InChI=1S/C25H28N6O5/c32-23(27-13-20(24(33)34)30-25(35)36-15-17-5-2-1-3-6-17)21-14-31(16-28-21)12-10-19-9-8-18-7-4-11-26-22(18)29-19/h1-3,5-6,8-9,14,16,20H,4,7,10-13,15H2,(H,26,29)(H,27,32)(H,30,35)(H,33,34)/t20-/m0/s1. The first-order valence-corrected chi connectivity index (χ1v) is 11.7. The zero-order valence-electron chi connectivity index (χ0n) is 19.6. The van der Waals surface area contributed by atoms with Crippen molar-refractivity contribution in [1.29, 1.82) is 0 Å². The van der Waals surface area contributed by atoms with Gasteiger partial charge in [0.2, 0.25) is 0 Å². The lowest BCUT2D eigenvalue weighted by Gasteiger charge is -2.17. The Kier molecular flexibility index (Phi) is 8.12. The second-order valence-corrected chi connectivity index (χ2v) is 8.39. The maximum Gasteiger partial charge on any atom is 0.408 e. The largest absolute Gasteiger partial charge is 0.480 e. The average molecular weight is 493 g/mol. The van der Waals surface area contributed by atoms with Gasteiger partial charge in [0, 0.05) is 37.9 Å². The van der Waals surface area contributed by atoms with Crippen molar-refractivity contribution in [1.82, 2.24) is 25.2 Å². The highest BCUT2D eigenvalue weighted by Crippen LogP contribution is 2.20. The molecule has 2 amide bonds. The van der Waals surface area contributed by atoms with E-state index in [1.54, 1.807) is 41.4 Å². The molecule has 36 heavy (non-hydrogen) atoms. The van der Waals surface area contributed by atoms with E-state index in [1.165, 1.54) is 5.56 Å². The van der Waals surface area contributed by atoms with Crippen LogP contribution in [0.5, 0.6) is 0 Å². The number of carbonyl (C=O) groups is 3. The highest BCUT2D eigenvalue weighted by Gasteiger charge is 2.22. The molecule has 2 aromatic heterocycles. The van der Waals surface area contributed by atoms with Crippen LogP contribution < -0.4 is 16.0 Å². The summed E-state index contributed by atoms with van der Waals surface area (Å²) in [5, 5.41) is 17.5. The first-order chi connectivity index (χ1) is 17.5. The molecule has 0 aliphatic carbocycles. The molecule has 1 aliphatic rings. The van der Waals surface area contributed by atoms with E-state index in [1.807, 2.05) is 12.1 Å². The number of anilines is 1. The summed E-state index contributed by atoms with van der Waals surface area (Å²) in [6.07, 6.45) is 5.04. The Labute approximate surface area is 207 Å². The molecule has 3 aromatic rings. The number of aryl methyl sites for hydroxylation is 3. The Morgan fingerprint density at radius 2 is 2.00 bits per heavy atom. The van der Waals surface area contributed by atoms with Gasteiger partial charge in [-0.3, -0.25) is 4.79 Å². The van der Waals surface area contributed by atoms with Crippen LogP contribution >= 0.6 is 0 Å². The van der Waals surface area contributed by atoms with Crippen LogP contribution in [0.15, 0.2) is 55.0 Å². The number of hydrogen-bond donors (Lipinski definition) is 4. The zero-order chi connectivity index (χ0) is 25.3. The predicted octanol–water partition coefficient (Wildman–Crippen LogP) is 1.99. The van der Waals surface area contributed by atoms with Gasteiger partial charge in [0.05, 0.1) is 6.33 Å². The summed E-state index contributed by atoms with van der Waals surface area (Å²) < 4.78 is 6.82. The third-order valence-corrected chi connectivity index (χ3v) is 5.71. The molecule has 0 fully saturated rings. The van der Waals surface area contributed by atoms with Crippen LogP contribution in [-0.2, 0) is 35.5 Å². The number of amides is 2. The molecule has 0 radical (unpaired) electrons. The minimum Gasteiger partial charge on any atom is -0.480 e. The first-order valence-electron chi connectivity index (χ1n) is 11.7. The molecule has 0 spiro atoms. The van der Waals surface area contributed by atoms with E-state index in [0.717, 1.165) is 36.5 Å². The van der Waals surface area contributed by atoms with Crippen LogP contribution in [0, 0.1) is 0 Å². The van der Waals surface area contributed by atoms with E-state index < -0.39 is 24.0 Å². The number of nitrogens with one attached hydrogen (secondary N) is 3. The number of alkyl carbamates (subject to hydrolysis) is 1. The molecule has 4 N–H and O–H groups in total. The number of pyridine rings is 1. The van der Waals surface area contributed by atoms with E-state index in [9.17, 15) is 19.5 Å². The lowest BCUT2D eigenvalue weighted by Crippen LogP contribution is -2.48. The minimum absolute atomic E-state index is 0.000293. The van der Waals surface area contributed by atoms with Crippen molar-refractivity contribution in [3.8, 4) is 0 Å². The van der Waals surface area contributed by atoms with Crippen LogP contribution in [0.3, 0.4) is 0 Å². The van der Waals surface area contributed by atoms with Crippen molar-refractivity contribution in [3.05, 3.63) is 77.5 Å². The predicted molar refractivity (Wildman–Crippen MR) is 130 cm³/mol. The van der Waals surface area contributed by atoms with Crippen molar-refractivity contribution < 1.29 is 24.2 Å². The number of carbonyl (C=O) groups excluding carboxylic acids is 2. The minimum atomic E-state index is -1.36. The van der Waals surface area contributed by atoms with Crippen LogP contribution in [-0.4, -0.2) is 56.7 Å². The highest BCUT2D eigenvalue weighted by molar-refractivity contribution is 5.92. The quantitative estimate of drug-likeness (QED) is 0.336. The maximum atomic E-state index is 12.5. The fourth-order valence-corrected chi connectivity index (χ4v) is 3.74. The topological polar surface area (TPSA) is 147 Å². The molecule has 0 bridgehead atoms. The van der Waals surface area contributed by atoms with Gasteiger partial charge in [0.1, 0.15) is 24.2 Å². The number of carboxylic acids is 1. The van der Waals surface area contributed by atoms with Gasteiger partial charge in [-0.25, -0.2) is 19.6 Å². The molecule has 0 saturated heterocycles. The van der Waals surface area contributed by atoms with Crippen LogP contribution in [0.1, 0.15) is 33.7 Å². The zero-order valence-corrected chi connectivity index (χ0v) is 19.6. The number of rotatable bonds is 10. The summed E-state index contributed by atoms with van der Waals surface area (Å²) in [6.45, 7) is 1.18. The summed E-state index contributed by atoms with van der Waals surface area (Å²) in [5.41, 5.74) is 3.08. The Bertz CT molecular complexity index is 1210. The number of nitrogens with zero attached hydrogens (tertiary/aromatic N) is 3. The van der Waals surface area contributed by atoms with Gasteiger partial charge in [0.25, 0.3) is 5.91 Å². The van der Waals surface area contributed by atoms with E-state index in [4.69, 9.17) is 4.74 Å². The summed E-state index contributed by atoms with van der Waals surface area (Å²) in [4.78, 5) is 44.7. The van der Waals surface area contributed by atoms with Crippen LogP contribution in [0.25, 0.3) is 0 Å². The molecular formula is C25H28N6O5. The Morgan fingerprint density at radius 3 is 2.81 bits per heavy atom. The number of hydrogen-bond acceptors (Lipinski definition) is 7. The average Bonchev–Trinajstić information content (AvgIpc) is 3.38. The summed E-state index contributed by atoms with van der Waals surface area (Å²) >= 11 is 0. The van der Waals surface area contributed by atoms with E-state index >= 15 is 0 Å². The summed E-state index contributed by atoms with van der Waals surface area (Å²) in [7, 11) is 0. The number of fused-ring (bicyclic) bond motifs is 1. The smallest absolute Gasteiger partial charge is 0.408 e. The fourth-order valence-electron chi connectivity index (χ4n) is 3.74. The van der Waals surface area contributed by atoms with Gasteiger partial charge in [-0.2, -0.15) is 0 Å². The number of ether oxygens (including phenoxy) is 1. The summed E-state index contributed by atoms with van der Waals surface area (Å²) in [6, 6.07) is 11.7. The molecule has 0 unspecified atom stereocenters. The molecule has 1 atom stereocenters. The molecule has 3 heterocycles. The normalized spacial score (nSPS) is 13.1. The Balaban J connectivity index is 1.24. The second kappa shape index (κ2) is 11.8. The molecule has 4 rings (SSSR count). The first kappa shape index (κ1) is 24.7. The molecule has 11 nitrogen and oxygen atoms in total. The van der Waals surface area contributed by atoms with Crippen molar-refractivity contribution >= 4 is 23.8 Å². The van der Waals surface area contributed by atoms with Crippen molar-refractivity contribution in [3.63, 3.8) is 0 Å². The third kappa shape index (κ3) is 6.81. The SMILES string of the molecule is O=C(N[C@@H](CNC(=O)c1cn(CCc2ccc3c(n2)NCCC3)cn1)C(=O)O)OCc1ccccc1. The molecular weight excluding hydrogens is 464 g/mol. The lowest BCUT2D eigenvalue weighted by molar-refractivity contribution is -0.139. The molecule has 0 saturated carbocycles. The fraction of sp³-hybridized carbons (Fsp3) is 0.320. The number of aromatic nitrogens is 3. The monoisotopic (exact) mass is 492 g/mol. The molecule has 1 aliphatic heterocycles. The second-order valence-electron chi connectivity index (χ2n) is 8.39. The van der Waals surface area contributed by atoms with Crippen LogP contribution in [0.2, 0.25) is 0 Å². The molecule has 11 heteroatoms. The van der Waals surface area contributed by atoms with Crippen molar-refractivity contribution in [2.24, 2.45) is 0 Å². The van der Waals surface area contributed by atoms with Crippen molar-refractivity contribution in [2.45, 2.75) is 38.5 Å². The van der Waals surface area contributed by atoms with Crippen molar-refractivity contribution in [2.75, 3.05) is 18.4 Å². The number of aliphatic carboxylic acids is 1. The van der Waals surface area contributed by atoms with Gasteiger partial charge < -0.3 is 30.4 Å². The van der Waals surface area contributed by atoms with Gasteiger partial charge >= 0.3 is 12.1 Å². The summed E-state index contributed by atoms with van der Waals surface area (Å²) in [5.74, 6) is -0.907. The van der Waals surface area contributed by atoms with E-state index in [0.29, 0.717) is 13.0 Å². The Hall–Kier alpha value is -4.41. The van der Waals surface area contributed by atoms with E-state index in [2.05, 4.69) is 32.0 Å². The number of benzene rings is 1. The van der Waals surface area contributed by atoms with Crippen LogP contribution in [0.4, 0.5) is 10.6 Å². The number of carboxylic acid groups (broad SMARTS) is 1. The van der Waals surface area contributed by atoms with Gasteiger partial charge in [-0.1, -0.05) is 36.4 Å². The van der Waals surface area contributed by atoms with E-state index in [-0.39, 0.29) is 18.8 Å². The highest BCUT2D eigenvalue weighted by atomic mass is 16.5. The number of imidazole rings is 1. The van der Waals surface area contributed by atoms with Gasteiger partial charge in [0.15, 0.2) is 0 Å².